The van der Waals surface area contributed by atoms with Gasteiger partial charge in [0.25, 0.3) is 0 Å². The lowest BCUT2D eigenvalue weighted by atomic mass is 9.93. The Morgan fingerprint density at radius 2 is 1.21 bits per heavy atom. The third-order valence-corrected chi connectivity index (χ3v) is 5.28. The molecule has 0 amide bonds. The molecule has 1 heterocycles. The molecule has 134 valence electrons. The number of hydrogen-bond donors (Lipinski definition) is 0. The zero-order chi connectivity index (χ0) is 19.8. The highest BCUT2D eigenvalue weighted by molar-refractivity contribution is 6.14. The van der Waals surface area contributed by atoms with Crippen LogP contribution in [-0.4, -0.2) is 4.57 Å². The highest BCUT2D eigenvalue weighted by Gasteiger charge is 2.19. The van der Waals surface area contributed by atoms with Crippen LogP contribution in [0, 0.1) is 22.7 Å². The summed E-state index contributed by atoms with van der Waals surface area (Å²) in [6.07, 6.45) is 0. The van der Waals surface area contributed by atoms with Gasteiger partial charge in [-0.1, -0.05) is 60.7 Å². The van der Waals surface area contributed by atoms with Crippen LogP contribution in [0.25, 0.3) is 38.6 Å². The van der Waals surface area contributed by atoms with Crippen molar-refractivity contribution in [1.29, 1.82) is 10.5 Å². The van der Waals surface area contributed by atoms with E-state index in [9.17, 15) is 10.5 Å². The van der Waals surface area contributed by atoms with Crippen molar-refractivity contribution in [3.05, 3.63) is 102 Å². The van der Waals surface area contributed by atoms with Crippen LogP contribution in [0.5, 0.6) is 0 Å². The van der Waals surface area contributed by atoms with Crippen molar-refractivity contribution < 1.29 is 0 Å². The summed E-state index contributed by atoms with van der Waals surface area (Å²) < 4.78 is 2.22. The predicted octanol–water partition coefficient (Wildman–Crippen LogP) is 6.19. The number of aromatic nitrogens is 1. The van der Waals surface area contributed by atoms with Crippen LogP contribution in [0.15, 0.2) is 91.0 Å². The van der Waals surface area contributed by atoms with Gasteiger partial charge in [0.15, 0.2) is 0 Å². The van der Waals surface area contributed by atoms with Gasteiger partial charge in [0, 0.05) is 27.6 Å². The van der Waals surface area contributed by atoms with Gasteiger partial charge in [-0.05, 0) is 30.3 Å². The third-order valence-electron chi connectivity index (χ3n) is 5.28. The van der Waals surface area contributed by atoms with Gasteiger partial charge < -0.3 is 4.57 Å². The fourth-order valence-electron chi connectivity index (χ4n) is 4.09. The molecular formula is C26H15N3. The number of fused-ring (bicyclic) bond motifs is 3. The summed E-state index contributed by atoms with van der Waals surface area (Å²) in [7, 11) is 0. The molecule has 5 rings (SSSR count). The van der Waals surface area contributed by atoms with Crippen molar-refractivity contribution in [2.45, 2.75) is 0 Å². The first-order valence-corrected chi connectivity index (χ1v) is 9.34. The molecule has 0 atom stereocenters. The topological polar surface area (TPSA) is 52.5 Å². The van der Waals surface area contributed by atoms with E-state index in [-0.39, 0.29) is 0 Å². The lowest BCUT2D eigenvalue weighted by Crippen LogP contribution is -1.97. The maximum atomic E-state index is 9.73. The van der Waals surface area contributed by atoms with Crippen molar-refractivity contribution >= 4 is 21.8 Å². The second kappa shape index (κ2) is 6.68. The van der Waals surface area contributed by atoms with Crippen LogP contribution >= 0.6 is 0 Å². The smallest absolute Gasteiger partial charge is 0.0998 e. The van der Waals surface area contributed by atoms with Crippen LogP contribution in [0.1, 0.15) is 11.1 Å². The molecule has 0 aliphatic rings. The first-order valence-electron chi connectivity index (χ1n) is 9.34. The third kappa shape index (κ3) is 2.50. The second-order valence-electron chi connectivity index (χ2n) is 6.84. The van der Waals surface area contributed by atoms with Gasteiger partial charge in [0.2, 0.25) is 0 Å². The molecule has 0 bridgehead atoms. The Labute approximate surface area is 168 Å². The molecule has 3 heteroatoms. The van der Waals surface area contributed by atoms with E-state index in [0.29, 0.717) is 16.7 Å². The Kier molecular flexibility index (Phi) is 3.87. The van der Waals surface area contributed by atoms with Gasteiger partial charge in [-0.3, -0.25) is 0 Å². The lowest BCUT2D eigenvalue weighted by Gasteiger charge is -2.13. The summed E-state index contributed by atoms with van der Waals surface area (Å²) in [4.78, 5) is 0. The maximum Gasteiger partial charge on any atom is 0.0998 e. The Bertz CT molecular complexity index is 1430. The van der Waals surface area contributed by atoms with Crippen LogP contribution in [0.2, 0.25) is 0 Å². The average Bonchev–Trinajstić information content (AvgIpc) is 3.14. The normalized spacial score (nSPS) is 10.7. The standard InChI is InChI=1S/C26H15N3/c27-16-18-8-6-9-19(17-28)25(18)23-14-7-13-22-21-12-4-5-15-24(21)29(26(22)23)20-10-2-1-3-11-20/h1-15H. The molecule has 1 aromatic heterocycles. The summed E-state index contributed by atoms with van der Waals surface area (Å²) >= 11 is 0. The molecule has 0 aliphatic heterocycles. The number of para-hydroxylation sites is 3. The molecule has 5 aromatic rings. The monoisotopic (exact) mass is 369 g/mol. The molecule has 29 heavy (non-hydrogen) atoms. The molecule has 0 N–H and O–H groups in total. The Hall–Kier alpha value is -4.34. The van der Waals surface area contributed by atoms with E-state index in [4.69, 9.17) is 0 Å². The predicted molar refractivity (Wildman–Crippen MR) is 116 cm³/mol. The fraction of sp³-hybridized carbons (Fsp3) is 0. The number of nitrogens with zero attached hydrogens (tertiary/aromatic N) is 3. The van der Waals surface area contributed by atoms with Crippen molar-refractivity contribution in [2.75, 3.05) is 0 Å². The van der Waals surface area contributed by atoms with Crippen LogP contribution in [0.3, 0.4) is 0 Å². The summed E-state index contributed by atoms with van der Waals surface area (Å²) in [5.41, 5.74) is 5.70. The lowest BCUT2D eigenvalue weighted by molar-refractivity contribution is 1.18. The molecule has 0 aliphatic carbocycles. The SMILES string of the molecule is N#Cc1cccc(C#N)c1-c1cccc2c3ccccc3n(-c3ccccc3)c12. The number of benzene rings is 4. The minimum absolute atomic E-state index is 0.501. The molecule has 0 radical (unpaired) electrons. The Morgan fingerprint density at radius 3 is 1.93 bits per heavy atom. The van der Waals surface area contributed by atoms with Gasteiger partial charge in [0.05, 0.1) is 34.3 Å². The summed E-state index contributed by atoms with van der Waals surface area (Å²) in [5.74, 6) is 0. The van der Waals surface area contributed by atoms with Crippen LogP contribution in [0.4, 0.5) is 0 Å². The van der Waals surface area contributed by atoms with Crippen molar-refractivity contribution in [3.8, 4) is 29.0 Å². The summed E-state index contributed by atoms with van der Waals surface area (Å²) in [6, 6.07) is 34.4. The van der Waals surface area contributed by atoms with E-state index >= 15 is 0 Å². The van der Waals surface area contributed by atoms with Crippen molar-refractivity contribution in [3.63, 3.8) is 0 Å². The van der Waals surface area contributed by atoms with E-state index in [0.717, 1.165) is 33.1 Å². The van der Waals surface area contributed by atoms with E-state index in [1.807, 2.05) is 42.5 Å². The van der Waals surface area contributed by atoms with Crippen LogP contribution < -0.4 is 0 Å². The van der Waals surface area contributed by atoms with Gasteiger partial charge in [-0.25, -0.2) is 0 Å². The van der Waals surface area contributed by atoms with Gasteiger partial charge in [-0.2, -0.15) is 10.5 Å². The Morgan fingerprint density at radius 1 is 0.586 bits per heavy atom. The highest BCUT2D eigenvalue weighted by atomic mass is 15.0. The molecule has 0 spiro atoms. The largest absolute Gasteiger partial charge is 0.309 e. The molecule has 0 saturated carbocycles. The molecule has 3 nitrogen and oxygen atoms in total. The maximum absolute atomic E-state index is 9.73. The van der Waals surface area contributed by atoms with E-state index < -0.39 is 0 Å². The van der Waals surface area contributed by atoms with E-state index in [1.54, 1.807) is 18.2 Å². The molecule has 4 aromatic carbocycles. The van der Waals surface area contributed by atoms with E-state index in [1.165, 1.54) is 0 Å². The van der Waals surface area contributed by atoms with E-state index in [2.05, 4.69) is 47.0 Å². The van der Waals surface area contributed by atoms with Gasteiger partial charge in [0.1, 0.15) is 0 Å². The summed E-state index contributed by atoms with van der Waals surface area (Å²) in [6.45, 7) is 0. The molecule has 0 fully saturated rings. The number of nitriles is 2. The highest BCUT2D eigenvalue weighted by Crippen LogP contribution is 2.39. The average molecular weight is 369 g/mol. The van der Waals surface area contributed by atoms with Crippen molar-refractivity contribution in [1.82, 2.24) is 4.57 Å². The minimum Gasteiger partial charge on any atom is -0.309 e. The number of rotatable bonds is 2. The first kappa shape index (κ1) is 16.8. The second-order valence-corrected chi connectivity index (χ2v) is 6.84. The molecule has 0 unspecified atom stereocenters. The summed E-state index contributed by atoms with van der Waals surface area (Å²) in [5, 5.41) is 21.7. The quantitative estimate of drug-likeness (QED) is 0.372. The number of hydrogen-bond acceptors (Lipinski definition) is 2. The molecular weight excluding hydrogens is 354 g/mol. The zero-order valence-corrected chi connectivity index (χ0v) is 15.5. The first-order chi connectivity index (χ1) is 14.3. The van der Waals surface area contributed by atoms with Gasteiger partial charge in [-0.15, -0.1) is 0 Å². The minimum atomic E-state index is 0.501. The Balaban J connectivity index is 2.02. The zero-order valence-electron chi connectivity index (χ0n) is 15.5. The fourth-order valence-corrected chi connectivity index (χ4v) is 4.09. The van der Waals surface area contributed by atoms with Crippen LogP contribution in [-0.2, 0) is 0 Å². The van der Waals surface area contributed by atoms with Crippen molar-refractivity contribution in [2.24, 2.45) is 0 Å². The van der Waals surface area contributed by atoms with Gasteiger partial charge >= 0.3 is 0 Å². The molecule has 0 saturated heterocycles.